The van der Waals surface area contributed by atoms with Crippen LogP contribution in [0.1, 0.15) is 46.0 Å². The summed E-state index contributed by atoms with van der Waals surface area (Å²) in [7, 11) is -6.25. The zero-order valence-corrected chi connectivity index (χ0v) is 33.8. The van der Waals surface area contributed by atoms with Crippen molar-refractivity contribution in [2.24, 2.45) is 0 Å². The van der Waals surface area contributed by atoms with Crippen LogP contribution in [0.3, 0.4) is 0 Å². The summed E-state index contributed by atoms with van der Waals surface area (Å²) in [6.07, 6.45) is 1.000. The number of hydrogen-bond acceptors (Lipinski definition) is 6. The highest BCUT2D eigenvalue weighted by molar-refractivity contribution is 7.91. The predicted molar refractivity (Wildman–Crippen MR) is 220 cm³/mol. The second kappa shape index (κ2) is 17.7. The Balaban J connectivity index is 1.40. The summed E-state index contributed by atoms with van der Waals surface area (Å²) >= 11 is 18.8. The molecule has 0 aliphatic rings. The third-order valence-electron chi connectivity index (χ3n) is 9.44. The molecule has 0 saturated heterocycles. The van der Waals surface area contributed by atoms with Crippen LogP contribution in [0.25, 0.3) is 10.9 Å². The summed E-state index contributed by atoms with van der Waals surface area (Å²) in [6.45, 7) is 0.0385. The van der Waals surface area contributed by atoms with E-state index in [9.17, 15) is 21.6 Å². The van der Waals surface area contributed by atoms with Crippen LogP contribution in [0.2, 0.25) is 15.1 Å². The number of nitrogens with one attached hydrogen (secondary N) is 1. The lowest BCUT2D eigenvalue weighted by Gasteiger charge is -2.25. The fourth-order valence-electron chi connectivity index (χ4n) is 6.80. The van der Waals surface area contributed by atoms with Gasteiger partial charge >= 0.3 is 5.97 Å². The van der Waals surface area contributed by atoms with Gasteiger partial charge in [-0.25, -0.2) is 21.6 Å². The average Bonchev–Trinajstić information content (AvgIpc) is 3.46. The fraction of sp³-hybridized carbons (Fsp3) is 0.214. The van der Waals surface area contributed by atoms with E-state index in [0.717, 1.165) is 38.9 Å². The molecule has 6 rings (SSSR count). The van der Waals surface area contributed by atoms with Crippen LogP contribution in [-0.4, -0.2) is 46.8 Å². The van der Waals surface area contributed by atoms with Crippen molar-refractivity contribution in [1.82, 2.24) is 9.29 Å². The number of halogens is 3. The van der Waals surface area contributed by atoms with Gasteiger partial charge in [-0.15, -0.1) is 0 Å². The largest absolute Gasteiger partial charge is 0.469 e. The standard InChI is InChI=1S/C42H39Cl3N2O6S2/c1-53-41(48)21-15-29-12-17-34(18-13-29)54(49,50)25-23-35-36-27-33(43)16-20-39(36)47(42(31-8-4-2-5-9-31)32-10-6-3-7-11-32)40(35)22-24-46-55(51,52)28-30-14-19-37(44)38(45)26-30/h2-14,16-20,26-27,42,46H,15,21-25,28H2,1H3. The number of benzene rings is 5. The second-order valence-electron chi connectivity index (χ2n) is 13.1. The maximum atomic E-state index is 13.9. The van der Waals surface area contributed by atoms with Gasteiger partial charge in [-0.3, -0.25) is 4.79 Å². The molecule has 8 nitrogen and oxygen atoms in total. The maximum absolute atomic E-state index is 13.9. The molecule has 0 atom stereocenters. The summed E-state index contributed by atoms with van der Waals surface area (Å²) in [5, 5.41) is 1.87. The summed E-state index contributed by atoms with van der Waals surface area (Å²) in [6, 6.07) is 36.5. The van der Waals surface area contributed by atoms with Crippen LogP contribution in [0, 0.1) is 0 Å². The number of carbonyl (C=O) groups excluding carboxylic acids is 1. The van der Waals surface area contributed by atoms with E-state index in [2.05, 4.69) is 9.29 Å². The third kappa shape index (κ3) is 9.99. The highest BCUT2D eigenvalue weighted by Crippen LogP contribution is 2.38. The Morgan fingerprint density at radius 2 is 1.36 bits per heavy atom. The Morgan fingerprint density at radius 3 is 1.98 bits per heavy atom. The topological polar surface area (TPSA) is 112 Å². The summed E-state index contributed by atoms with van der Waals surface area (Å²) in [5.74, 6) is -0.851. The maximum Gasteiger partial charge on any atom is 0.305 e. The zero-order valence-electron chi connectivity index (χ0n) is 29.9. The highest BCUT2D eigenvalue weighted by atomic mass is 35.5. The number of hydrogen-bond donors (Lipinski definition) is 1. The van der Waals surface area contributed by atoms with Crippen LogP contribution in [0.5, 0.6) is 0 Å². The number of sulfonamides is 1. The summed E-state index contributed by atoms with van der Waals surface area (Å²) < 4.78 is 64.1. The number of fused-ring (bicyclic) bond motifs is 1. The number of esters is 1. The van der Waals surface area contributed by atoms with Crippen LogP contribution in [0.4, 0.5) is 0 Å². The van der Waals surface area contributed by atoms with Crippen molar-refractivity contribution < 1.29 is 26.4 Å². The molecule has 1 N–H and O–H groups in total. The quantitative estimate of drug-likeness (QED) is 0.0975. The lowest BCUT2D eigenvalue weighted by Crippen LogP contribution is -2.28. The number of ether oxygens (including phenoxy) is 1. The number of aryl methyl sites for hydroxylation is 2. The number of carbonyl (C=O) groups is 1. The van der Waals surface area contributed by atoms with E-state index in [1.54, 1.807) is 42.5 Å². The van der Waals surface area contributed by atoms with Gasteiger partial charge in [0.2, 0.25) is 10.0 Å². The molecule has 5 aromatic carbocycles. The second-order valence-corrected chi connectivity index (χ2v) is 18.3. The summed E-state index contributed by atoms with van der Waals surface area (Å²) in [5.41, 5.74) is 5.66. The van der Waals surface area contributed by atoms with Gasteiger partial charge in [-0.2, -0.15) is 0 Å². The van der Waals surface area contributed by atoms with Crippen molar-refractivity contribution in [3.05, 3.63) is 170 Å². The molecule has 6 aromatic rings. The Labute approximate surface area is 337 Å². The van der Waals surface area contributed by atoms with E-state index < -0.39 is 19.9 Å². The van der Waals surface area contributed by atoms with E-state index in [1.807, 2.05) is 72.8 Å². The molecule has 13 heteroatoms. The van der Waals surface area contributed by atoms with Gasteiger partial charge in [0, 0.05) is 41.0 Å². The van der Waals surface area contributed by atoms with E-state index in [0.29, 0.717) is 22.0 Å². The monoisotopic (exact) mass is 836 g/mol. The first-order valence-corrected chi connectivity index (χ1v) is 22.0. The highest BCUT2D eigenvalue weighted by Gasteiger charge is 2.27. The van der Waals surface area contributed by atoms with Gasteiger partial charge < -0.3 is 9.30 Å². The number of sulfone groups is 1. The molecule has 0 aliphatic heterocycles. The molecule has 1 aromatic heterocycles. The molecule has 0 fully saturated rings. The number of aromatic nitrogens is 1. The van der Waals surface area contributed by atoms with E-state index >= 15 is 0 Å². The van der Waals surface area contributed by atoms with Crippen LogP contribution in [0.15, 0.2) is 126 Å². The molecule has 0 radical (unpaired) electrons. The SMILES string of the molecule is COC(=O)CCc1ccc(S(=O)(=O)CCc2c(CCNS(=O)(=O)Cc3ccc(Cl)c(Cl)c3)n(C(c3ccccc3)c3ccccc3)c3ccc(Cl)cc23)cc1. The van der Waals surface area contributed by atoms with Crippen molar-refractivity contribution in [2.75, 3.05) is 19.4 Å². The molecule has 0 saturated carbocycles. The average molecular weight is 838 g/mol. The Hall–Kier alpha value is -4.16. The Morgan fingerprint density at radius 1 is 0.727 bits per heavy atom. The lowest BCUT2D eigenvalue weighted by molar-refractivity contribution is -0.140. The third-order valence-corrected chi connectivity index (χ3v) is 13.5. The van der Waals surface area contributed by atoms with E-state index in [1.165, 1.54) is 13.2 Å². The van der Waals surface area contributed by atoms with Gasteiger partial charge in [0.15, 0.2) is 9.84 Å². The number of methoxy groups -OCH3 is 1. The van der Waals surface area contributed by atoms with Crippen molar-refractivity contribution in [3.8, 4) is 0 Å². The molecule has 0 spiro atoms. The fourth-order valence-corrected chi connectivity index (χ4v) is 9.69. The molecular weight excluding hydrogens is 799 g/mol. The first-order chi connectivity index (χ1) is 26.3. The molecule has 1 heterocycles. The van der Waals surface area contributed by atoms with E-state index in [4.69, 9.17) is 39.5 Å². The van der Waals surface area contributed by atoms with Gasteiger partial charge in [0.05, 0.1) is 39.6 Å². The molecule has 55 heavy (non-hydrogen) atoms. The van der Waals surface area contributed by atoms with Crippen molar-refractivity contribution in [2.45, 2.75) is 42.4 Å². The minimum atomic E-state index is -3.81. The minimum Gasteiger partial charge on any atom is -0.469 e. The minimum absolute atomic E-state index is 0.0385. The Kier molecular flexibility index (Phi) is 13.1. The first kappa shape index (κ1) is 40.5. The molecule has 0 unspecified atom stereocenters. The van der Waals surface area contributed by atoms with E-state index in [-0.39, 0.29) is 59.2 Å². The first-order valence-electron chi connectivity index (χ1n) is 17.6. The van der Waals surface area contributed by atoms with Crippen LogP contribution in [-0.2, 0) is 54.4 Å². The molecule has 0 bridgehead atoms. The van der Waals surface area contributed by atoms with Crippen LogP contribution < -0.4 is 4.72 Å². The predicted octanol–water partition coefficient (Wildman–Crippen LogP) is 9.02. The van der Waals surface area contributed by atoms with Crippen molar-refractivity contribution >= 4 is 71.5 Å². The molecule has 0 amide bonds. The van der Waals surface area contributed by atoms with Gasteiger partial charge in [-0.05, 0) is 83.1 Å². The van der Waals surface area contributed by atoms with Gasteiger partial charge in [0.1, 0.15) is 0 Å². The smallest absolute Gasteiger partial charge is 0.305 e. The van der Waals surface area contributed by atoms with Crippen LogP contribution >= 0.6 is 34.8 Å². The van der Waals surface area contributed by atoms with Gasteiger partial charge in [-0.1, -0.05) is 114 Å². The van der Waals surface area contributed by atoms with Crippen molar-refractivity contribution in [1.29, 1.82) is 0 Å². The number of nitrogens with zero attached hydrogens (tertiary/aromatic N) is 1. The van der Waals surface area contributed by atoms with Gasteiger partial charge in [0.25, 0.3) is 0 Å². The zero-order chi connectivity index (χ0) is 39.2. The Bertz CT molecular complexity index is 2470. The molecule has 286 valence electrons. The normalized spacial score (nSPS) is 12.0. The molecule has 0 aliphatic carbocycles. The number of rotatable bonds is 16. The lowest BCUT2D eigenvalue weighted by atomic mass is 9.97. The summed E-state index contributed by atoms with van der Waals surface area (Å²) in [4.78, 5) is 11.8. The molecular formula is C42H39Cl3N2O6S2. The van der Waals surface area contributed by atoms with Crippen molar-refractivity contribution in [3.63, 3.8) is 0 Å².